The summed E-state index contributed by atoms with van der Waals surface area (Å²) in [6.45, 7) is 4.89. The Morgan fingerprint density at radius 3 is 1.07 bits per heavy atom. The van der Waals surface area contributed by atoms with Gasteiger partial charge < -0.3 is 37.0 Å². The molecule has 0 radical (unpaired) electrons. The fourth-order valence-corrected chi connectivity index (χ4v) is 3.20. The molecule has 0 bridgehead atoms. The van der Waals surface area contributed by atoms with Crippen molar-refractivity contribution in [1.29, 1.82) is 0 Å². The third-order valence-electron chi connectivity index (χ3n) is 3.67. The summed E-state index contributed by atoms with van der Waals surface area (Å²) in [5.74, 6) is 0. The highest BCUT2D eigenvalue weighted by molar-refractivity contribution is 7.53. The third-order valence-corrected chi connectivity index (χ3v) is 6.82. The molecule has 0 aliphatic carbocycles. The monoisotopic (exact) mass is 452 g/mol. The van der Waals surface area contributed by atoms with Gasteiger partial charge in [0.2, 0.25) is 0 Å². The van der Waals surface area contributed by atoms with E-state index in [4.69, 9.17) is 37.0 Å². The Kier molecular flexibility index (Phi) is 19.4. The molecular weight excluding hydrogens is 414 g/mol. The zero-order valence-electron chi connectivity index (χ0n) is 18.4. The zero-order chi connectivity index (χ0) is 22.1. The summed E-state index contributed by atoms with van der Waals surface area (Å²) < 4.78 is 62.6. The molecule has 0 spiro atoms. The van der Waals surface area contributed by atoms with Gasteiger partial charge in [0.05, 0.1) is 25.4 Å². The number of hydrogen-bond acceptors (Lipinski definition) is 10. The lowest BCUT2D eigenvalue weighted by Crippen LogP contribution is -2.19. The third kappa shape index (κ3) is 14.2. The van der Waals surface area contributed by atoms with E-state index in [0.29, 0.717) is 13.2 Å². The lowest BCUT2D eigenvalue weighted by molar-refractivity contribution is 0.00952. The van der Waals surface area contributed by atoms with Gasteiger partial charge in [-0.25, -0.2) is 0 Å². The molecule has 0 aliphatic rings. The van der Waals surface area contributed by atoms with Crippen molar-refractivity contribution in [3.8, 4) is 0 Å². The fraction of sp³-hybridized carbons (Fsp3) is 1.00. The fourth-order valence-electron chi connectivity index (χ4n) is 1.69. The molecule has 0 unspecified atom stereocenters. The first-order valence-corrected chi connectivity index (χ1v) is 12.3. The first-order valence-electron chi connectivity index (χ1n) is 8.85. The summed E-state index contributed by atoms with van der Waals surface area (Å²) in [6.07, 6.45) is 1.36. The predicted molar refractivity (Wildman–Crippen MR) is 107 cm³/mol. The smallest absolute Gasteiger partial charge is 0.355 e. The average molecular weight is 452 g/mol. The molecular formula is C16H38O10P2. The van der Waals surface area contributed by atoms with Crippen molar-refractivity contribution in [1.82, 2.24) is 0 Å². The molecule has 0 rings (SSSR count). The topological polar surface area (TPSA) is 108 Å². The molecule has 0 amide bonds. The second-order valence-corrected chi connectivity index (χ2v) is 9.94. The Balaban J connectivity index is 0. The maximum absolute atomic E-state index is 11.6. The van der Waals surface area contributed by atoms with Crippen LogP contribution in [0.4, 0.5) is 0 Å². The molecule has 0 N–H and O–H groups in total. The minimum Gasteiger partial charge on any atom is -0.382 e. The van der Waals surface area contributed by atoms with E-state index in [9.17, 15) is 9.13 Å². The second-order valence-electron chi connectivity index (χ2n) is 5.51. The quantitative estimate of drug-likeness (QED) is 0.321. The largest absolute Gasteiger partial charge is 0.382 e. The van der Waals surface area contributed by atoms with E-state index in [1.807, 2.05) is 13.8 Å². The van der Waals surface area contributed by atoms with E-state index in [-0.39, 0.29) is 24.9 Å². The van der Waals surface area contributed by atoms with E-state index < -0.39 is 15.2 Å². The Hall–Kier alpha value is 0.140. The molecule has 2 atom stereocenters. The highest BCUT2D eigenvalue weighted by Crippen LogP contribution is 2.47. The maximum atomic E-state index is 11.6. The molecule has 0 aliphatic heterocycles. The van der Waals surface area contributed by atoms with Gasteiger partial charge in [-0.1, -0.05) is 13.8 Å². The number of methoxy groups -OCH3 is 2. The van der Waals surface area contributed by atoms with Crippen LogP contribution in [-0.4, -0.2) is 80.8 Å². The highest BCUT2D eigenvalue weighted by Gasteiger charge is 2.24. The van der Waals surface area contributed by atoms with Crippen LogP contribution in [0.2, 0.25) is 0 Å². The van der Waals surface area contributed by atoms with Crippen molar-refractivity contribution >= 4 is 15.2 Å². The van der Waals surface area contributed by atoms with Gasteiger partial charge in [-0.2, -0.15) is 0 Å². The number of rotatable bonds is 16. The molecule has 172 valence electrons. The van der Waals surface area contributed by atoms with Gasteiger partial charge in [0, 0.05) is 42.7 Å². The molecule has 0 saturated carbocycles. The van der Waals surface area contributed by atoms with Crippen molar-refractivity contribution in [2.45, 2.75) is 38.9 Å². The summed E-state index contributed by atoms with van der Waals surface area (Å²) in [6, 6.07) is 0. The molecule has 0 saturated heterocycles. The van der Waals surface area contributed by atoms with Crippen LogP contribution in [0.3, 0.4) is 0 Å². The van der Waals surface area contributed by atoms with Crippen molar-refractivity contribution in [2.75, 3.05) is 68.6 Å². The van der Waals surface area contributed by atoms with Crippen molar-refractivity contribution in [3.63, 3.8) is 0 Å². The Labute approximate surface area is 169 Å². The van der Waals surface area contributed by atoms with Gasteiger partial charge >= 0.3 is 15.2 Å². The Bertz CT molecular complexity index is 393. The predicted octanol–water partition coefficient (Wildman–Crippen LogP) is 3.74. The summed E-state index contributed by atoms with van der Waals surface area (Å²) in [5.41, 5.74) is 0. The van der Waals surface area contributed by atoms with Crippen LogP contribution < -0.4 is 0 Å². The van der Waals surface area contributed by atoms with E-state index in [1.165, 1.54) is 28.4 Å². The Morgan fingerprint density at radius 1 is 0.607 bits per heavy atom. The summed E-state index contributed by atoms with van der Waals surface area (Å²) in [5, 5.41) is 0. The van der Waals surface area contributed by atoms with Gasteiger partial charge in [-0.05, 0) is 12.8 Å². The van der Waals surface area contributed by atoms with Gasteiger partial charge in [0.15, 0.2) is 0 Å². The minimum absolute atomic E-state index is 0.0398. The number of hydrogen-bond donors (Lipinski definition) is 0. The summed E-state index contributed by atoms with van der Waals surface area (Å²) in [4.78, 5) is 0. The van der Waals surface area contributed by atoms with Crippen LogP contribution in [0.15, 0.2) is 0 Å². The van der Waals surface area contributed by atoms with Crippen molar-refractivity contribution < 1.29 is 46.2 Å². The molecule has 0 aromatic rings. The van der Waals surface area contributed by atoms with Crippen LogP contribution in [0.25, 0.3) is 0 Å². The molecule has 0 fully saturated rings. The van der Waals surface area contributed by atoms with Gasteiger partial charge in [0.1, 0.15) is 12.7 Å². The van der Waals surface area contributed by atoms with Gasteiger partial charge in [-0.15, -0.1) is 0 Å². The first kappa shape index (κ1) is 30.3. The van der Waals surface area contributed by atoms with Crippen LogP contribution >= 0.6 is 15.2 Å². The summed E-state index contributed by atoms with van der Waals surface area (Å²) in [7, 11) is 2.44. The standard InChI is InChI=1S/2C8H19O5P/c2*1-5-8(6-10-2)13-7-14(9,11-3)12-4/h2*8H,5-7H2,1-4H3/t2*8-/m00/s1. The first-order chi connectivity index (χ1) is 13.2. The van der Waals surface area contributed by atoms with Crippen molar-refractivity contribution in [3.05, 3.63) is 0 Å². The van der Waals surface area contributed by atoms with Gasteiger partial charge in [0.25, 0.3) is 0 Å². The molecule has 0 aromatic heterocycles. The van der Waals surface area contributed by atoms with Crippen molar-refractivity contribution in [2.24, 2.45) is 0 Å². The molecule has 12 heteroatoms. The zero-order valence-corrected chi connectivity index (χ0v) is 20.2. The van der Waals surface area contributed by atoms with Crippen LogP contribution in [0, 0.1) is 0 Å². The Morgan fingerprint density at radius 2 is 0.893 bits per heavy atom. The maximum Gasteiger partial charge on any atom is 0.355 e. The SMILES string of the molecule is CC[C@@H](COC)OCP(=O)(OC)OC.CC[C@@H](COC)OCP(=O)(OC)OC. The average Bonchev–Trinajstić information content (AvgIpc) is 2.73. The molecule has 0 heterocycles. The highest BCUT2D eigenvalue weighted by atomic mass is 31.2. The second kappa shape index (κ2) is 18.0. The normalized spacial score (nSPS) is 14.3. The van der Waals surface area contributed by atoms with E-state index in [2.05, 4.69) is 0 Å². The molecule has 0 aromatic carbocycles. The van der Waals surface area contributed by atoms with Crippen LogP contribution in [0.5, 0.6) is 0 Å². The molecule has 10 nitrogen and oxygen atoms in total. The summed E-state index contributed by atoms with van der Waals surface area (Å²) >= 11 is 0. The van der Waals surface area contributed by atoms with E-state index >= 15 is 0 Å². The number of ether oxygens (including phenoxy) is 4. The molecule has 28 heavy (non-hydrogen) atoms. The van der Waals surface area contributed by atoms with Gasteiger partial charge in [-0.3, -0.25) is 9.13 Å². The van der Waals surface area contributed by atoms with E-state index in [0.717, 1.165) is 12.8 Å². The van der Waals surface area contributed by atoms with Crippen LogP contribution in [-0.2, 0) is 46.2 Å². The lowest BCUT2D eigenvalue weighted by atomic mass is 10.3. The van der Waals surface area contributed by atoms with E-state index in [1.54, 1.807) is 14.2 Å². The minimum atomic E-state index is -3.05. The van der Waals surface area contributed by atoms with Crippen LogP contribution in [0.1, 0.15) is 26.7 Å². The lowest BCUT2D eigenvalue weighted by Gasteiger charge is -2.18.